The maximum Gasteiger partial charge on any atom is 0.210 e. The molecule has 5 aromatic rings. The number of fused-ring (bicyclic) bond motifs is 2. The van der Waals surface area contributed by atoms with Crippen LogP contribution in [0.1, 0.15) is 51.8 Å². The maximum absolute atomic E-state index is 10.5. The number of imidazole rings is 1. The van der Waals surface area contributed by atoms with Crippen LogP contribution in [0.4, 0.5) is 11.8 Å². The standard InChI is InChI=1S/C25H28ClN9O2/c1-25(2,3)19-10-20(32-35(19)14-6-5-7-16(14)36)30-24-31-23-22(33(24)4)21(26)18(12-28-23)37-17-13-29-34-9-8-27-11-15(17)34/h8-14,16,36H,5-7H2,1-4H3,(H,28,30,31,32)/t14-,16-/m1/s1. The van der Waals surface area contributed by atoms with E-state index >= 15 is 0 Å². The Morgan fingerprint density at radius 2 is 2.00 bits per heavy atom. The molecule has 1 aliphatic carbocycles. The van der Waals surface area contributed by atoms with Gasteiger partial charge in [-0.1, -0.05) is 32.4 Å². The lowest BCUT2D eigenvalue weighted by Gasteiger charge is -2.25. The zero-order valence-corrected chi connectivity index (χ0v) is 21.8. The van der Waals surface area contributed by atoms with E-state index < -0.39 is 6.10 Å². The van der Waals surface area contributed by atoms with Crippen LogP contribution in [0.25, 0.3) is 16.7 Å². The lowest BCUT2D eigenvalue weighted by molar-refractivity contribution is 0.127. The van der Waals surface area contributed by atoms with Gasteiger partial charge in [0, 0.05) is 36.6 Å². The summed E-state index contributed by atoms with van der Waals surface area (Å²) >= 11 is 6.78. The van der Waals surface area contributed by atoms with Gasteiger partial charge >= 0.3 is 0 Å². The molecular formula is C25H28ClN9O2. The van der Waals surface area contributed by atoms with Gasteiger partial charge in [0.05, 0.1) is 30.7 Å². The molecule has 0 saturated heterocycles. The topological polar surface area (TPSA) is 120 Å². The van der Waals surface area contributed by atoms with Crippen molar-refractivity contribution in [3.05, 3.63) is 47.8 Å². The molecule has 5 aromatic heterocycles. The quantitative estimate of drug-likeness (QED) is 0.339. The van der Waals surface area contributed by atoms with E-state index in [1.807, 2.05) is 22.4 Å². The van der Waals surface area contributed by atoms with Crippen molar-refractivity contribution in [3.63, 3.8) is 0 Å². The van der Waals surface area contributed by atoms with Crippen LogP contribution < -0.4 is 10.1 Å². The van der Waals surface area contributed by atoms with E-state index in [1.54, 1.807) is 35.5 Å². The first-order valence-electron chi connectivity index (χ1n) is 12.2. The highest BCUT2D eigenvalue weighted by molar-refractivity contribution is 6.36. The van der Waals surface area contributed by atoms with Crippen LogP contribution in [-0.4, -0.2) is 50.1 Å². The molecule has 0 amide bonds. The van der Waals surface area contributed by atoms with Crippen LogP contribution in [0.15, 0.2) is 37.1 Å². The zero-order chi connectivity index (χ0) is 25.9. The Morgan fingerprint density at radius 3 is 2.76 bits per heavy atom. The Bertz CT molecular complexity index is 1610. The van der Waals surface area contributed by atoms with E-state index in [-0.39, 0.29) is 11.5 Å². The number of aromatic nitrogens is 8. The summed E-state index contributed by atoms with van der Waals surface area (Å²) in [4.78, 5) is 13.3. The molecule has 0 spiro atoms. The molecule has 1 fully saturated rings. The van der Waals surface area contributed by atoms with Gasteiger partial charge < -0.3 is 19.7 Å². The highest BCUT2D eigenvalue weighted by atomic mass is 35.5. The third-order valence-corrected chi connectivity index (χ3v) is 7.18. The highest BCUT2D eigenvalue weighted by Crippen LogP contribution is 2.38. The number of rotatable bonds is 5. The molecule has 11 nitrogen and oxygen atoms in total. The molecule has 0 aromatic carbocycles. The van der Waals surface area contributed by atoms with E-state index in [9.17, 15) is 5.11 Å². The van der Waals surface area contributed by atoms with Gasteiger partial charge in [0.1, 0.15) is 16.1 Å². The van der Waals surface area contributed by atoms with Gasteiger partial charge in [-0.15, -0.1) is 0 Å². The number of aliphatic hydroxyl groups excluding tert-OH is 1. The van der Waals surface area contributed by atoms with E-state index in [2.05, 4.69) is 46.1 Å². The fourth-order valence-corrected chi connectivity index (χ4v) is 5.19. The summed E-state index contributed by atoms with van der Waals surface area (Å²) in [5, 5.41) is 23.3. The summed E-state index contributed by atoms with van der Waals surface area (Å²) in [5.41, 5.74) is 2.72. The largest absolute Gasteiger partial charge is 0.450 e. The Balaban J connectivity index is 1.34. The second-order valence-corrected chi connectivity index (χ2v) is 10.8. The summed E-state index contributed by atoms with van der Waals surface area (Å²) in [6, 6.07) is 1.99. The normalized spacial score (nSPS) is 18.2. The van der Waals surface area contributed by atoms with Gasteiger partial charge in [-0.3, -0.25) is 9.67 Å². The van der Waals surface area contributed by atoms with Crippen molar-refractivity contribution in [2.75, 3.05) is 5.32 Å². The van der Waals surface area contributed by atoms with Crippen molar-refractivity contribution in [1.82, 2.24) is 38.9 Å². The zero-order valence-electron chi connectivity index (χ0n) is 21.1. The fraction of sp³-hybridized carbons (Fsp3) is 0.400. The predicted molar refractivity (Wildman–Crippen MR) is 140 cm³/mol. The number of hydrogen-bond acceptors (Lipinski definition) is 8. The number of hydrogen-bond donors (Lipinski definition) is 2. The first-order chi connectivity index (χ1) is 17.7. The molecular weight excluding hydrogens is 494 g/mol. The Morgan fingerprint density at radius 1 is 1.16 bits per heavy atom. The van der Waals surface area contributed by atoms with Crippen LogP contribution in [0.2, 0.25) is 5.02 Å². The first-order valence-corrected chi connectivity index (χ1v) is 12.6. The van der Waals surface area contributed by atoms with Crippen LogP contribution in [0.5, 0.6) is 11.5 Å². The summed E-state index contributed by atoms with van der Waals surface area (Å²) in [7, 11) is 1.86. The van der Waals surface area contributed by atoms with E-state index in [1.165, 1.54) is 0 Å². The first kappa shape index (κ1) is 23.7. The molecule has 0 radical (unpaired) electrons. The number of pyridine rings is 1. The van der Waals surface area contributed by atoms with Gasteiger partial charge in [0.15, 0.2) is 23.0 Å². The Hall–Kier alpha value is -3.70. The summed E-state index contributed by atoms with van der Waals surface area (Å²) in [5.74, 6) is 2.09. The minimum Gasteiger partial charge on any atom is -0.450 e. The van der Waals surface area contributed by atoms with Crippen molar-refractivity contribution in [2.45, 2.75) is 57.6 Å². The average Bonchev–Trinajstić information content (AvgIpc) is 3.63. The minimum absolute atomic E-state index is 0.0313. The van der Waals surface area contributed by atoms with Crippen molar-refractivity contribution in [1.29, 1.82) is 0 Å². The molecule has 1 aliphatic rings. The third-order valence-electron chi connectivity index (χ3n) is 6.82. The number of aliphatic hydroxyl groups is 1. The molecule has 0 bridgehead atoms. The molecule has 6 rings (SSSR count). The second kappa shape index (κ2) is 8.70. The molecule has 1 saturated carbocycles. The molecule has 37 heavy (non-hydrogen) atoms. The van der Waals surface area contributed by atoms with Crippen LogP contribution in [0, 0.1) is 0 Å². The number of nitrogens with one attached hydrogen (secondary N) is 1. The lowest BCUT2D eigenvalue weighted by atomic mass is 9.91. The number of anilines is 2. The van der Waals surface area contributed by atoms with Gasteiger partial charge in [-0.25, -0.2) is 9.50 Å². The predicted octanol–water partition coefficient (Wildman–Crippen LogP) is 4.78. The second-order valence-electron chi connectivity index (χ2n) is 10.4. The third kappa shape index (κ3) is 4.08. The Kier molecular flexibility index (Phi) is 5.57. The van der Waals surface area contributed by atoms with Crippen molar-refractivity contribution < 1.29 is 9.84 Å². The monoisotopic (exact) mass is 521 g/mol. The summed E-state index contributed by atoms with van der Waals surface area (Å²) in [6.45, 7) is 6.43. The number of ether oxygens (including phenoxy) is 1. The smallest absolute Gasteiger partial charge is 0.210 e. The average molecular weight is 522 g/mol. The number of aryl methyl sites for hydroxylation is 1. The van der Waals surface area contributed by atoms with Gasteiger partial charge in [-0.05, 0) is 19.3 Å². The number of halogens is 1. The SMILES string of the molecule is Cn1c(Nc2cc(C(C)(C)C)n([C@@H]3CCC[C@H]3O)n2)nc2ncc(Oc3cnn4ccncc34)c(Cl)c21. The number of nitrogens with zero attached hydrogens (tertiary/aromatic N) is 8. The summed E-state index contributed by atoms with van der Waals surface area (Å²) in [6.07, 6.45) is 10.5. The molecule has 0 unspecified atom stereocenters. The molecule has 5 heterocycles. The van der Waals surface area contributed by atoms with Crippen molar-refractivity contribution in [2.24, 2.45) is 7.05 Å². The van der Waals surface area contributed by atoms with E-state index in [0.717, 1.165) is 25.0 Å². The van der Waals surface area contributed by atoms with Crippen molar-refractivity contribution in [3.8, 4) is 11.5 Å². The van der Waals surface area contributed by atoms with E-state index in [4.69, 9.17) is 21.4 Å². The van der Waals surface area contributed by atoms with E-state index in [0.29, 0.717) is 45.0 Å². The lowest BCUT2D eigenvalue weighted by Crippen LogP contribution is -2.26. The molecule has 0 aliphatic heterocycles. The molecule has 2 atom stereocenters. The maximum atomic E-state index is 10.5. The van der Waals surface area contributed by atoms with Crippen LogP contribution in [0.3, 0.4) is 0 Å². The molecule has 2 N–H and O–H groups in total. The molecule has 12 heteroatoms. The van der Waals surface area contributed by atoms with Crippen LogP contribution in [-0.2, 0) is 12.5 Å². The summed E-state index contributed by atoms with van der Waals surface area (Å²) < 4.78 is 11.5. The Labute approximate surface area is 218 Å². The molecule has 192 valence electrons. The fourth-order valence-electron chi connectivity index (χ4n) is 4.89. The van der Waals surface area contributed by atoms with Gasteiger partial charge in [0.2, 0.25) is 5.95 Å². The highest BCUT2D eigenvalue weighted by Gasteiger charge is 2.32. The van der Waals surface area contributed by atoms with Crippen LogP contribution >= 0.6 is 11.6 Å². The van der Waals surface area contributed by atoms with Crippen molar-refractivity contribution >= 4 is 40.0 Å². The van der Waals surface area contributed by atoms with Gasteiger partial charge in [-0.2, -0.15) is 15.2 Å². The minimum atomic E-state index is -0.394. The van der Waals surface area contributed by atoms with Gasteiger partial charge in [0.25, 0.3) is 0 Å².